The van der Waals surface area contributed by atoms with Gasteiger partial charge in [-0.05, 0) is 42.9 Å². The highest BCUT2D eigenvalue weighted by Gasteiger charge is 2.28. The largest absolute Gasteiger partial charge is 0.359 e. The maximum absolute atomic E-state index is 12.4. The Morgan fingerprint density at radius 1 is 1.04 bits per heavy atom. The maximum Gasteiger partial charge on any atom is 0.359 e. The summed E-state index contributed by atoms with van der Waals surface area (Å²) in [5.74, 6) is 0. The van der Waals surface area contributed by atoms with Gasteiger partial charge in [0.25, 0.3) is 0 Å². The predicted octanol–water partition coefficient (Wildman–Crippen LogP) is 6.26. The molecule has 1 N–H and O–H groups in total. The van der Waals surface area contributed by atoms with E-state index in [2.05, 4.69) is 26.8 Å². The summed E-state index contributed by atoms with van der Waals surface area (Å²) in [5, 5.41) is 0.444. The van der Waals surface area contributed by atoms with Crippen molar-refractivity contribution < 1.29 is 14.0 Å². The molecule has 0 amide bonds. The fourth-order valence-electron chi connectivity index (χ4n) is 3.25. The highest BCUT2D eigenvalue weighted by atomic mass is 31.2. The Morgan fingerprint density at radius 2 is 1.64 bits per heavy atom. The standard InChI is InChI=1S/C21H37O3P/c1-6-8-9-10-11-12-13-16-21(4,5)19-15-14-18(3)20(17-19)25(22,23)24-7-2/h14-15,17H,6-13,16H2,1-5H3,(H,22,23). The number of unbranched alkanes of at least 4 members (excludes halogenated alkanes) is 6. The van der Waals surface area contributed by atoms with Crippen molar-refractivity contribution in [2.24, 2.45) is 0 Å². The molecule has 144 valence electrons. The van der Waals surface area contributed by atoms with Crippen LogP contribution in [0.25, 0.3) is 0 Å². The number of hydrogen-bond donors (Lipinski definition) is 1. The van der Waals surface area contributed by atoms with E-state index in [1.54, 1.807) is 6.92 Å². The molecule has 0 aliphatic carbocycles. The van der Waals surface area contributed by atoms with E-state index < -0.39 is 7.60 Å². The molecule has 1 atom stereocenters. The Labute approximate surface area is 154 Å². The molecule has 0 aliphatic rings. The van der Waals surface area contributed by atoms with Gasteiger partial charge >= 0.3 is 7.60 Å². The number of aryl methyl sites for hydroxylation is 1. The van der Waals surface area contributed by atoms with E-state index in [0.717, 1.165) is 17.5 Å². The second-order valence-corrected chi connectivity index (χ2v) is 9.48. The van der Waals surface area contributed by atoms with E-state index in [1.807, 2.05) is 19.1 Å². The quantitative estimate of drug-likeness (QED) is 0.350. The number of rotatable bonds is 12. The SMILES string of the molecule is CCCCCCCCCC(C)(C)c1ccc(C)c(P(=O)(O)OCC)c1. The molecule has 0 aromatic heterocycles. The van der Waals surface area contributed by atoms with Gasteiger partial charge in [0.1, 0.15) is 0 Å². The van der Waals surface area contributed by atoms with Crippen LogP contribution in [0.1, 0.15) is 90.2 Å². The highest BCUT2D eigenvalue weighted by molar-refractivity contribution is 7.61. The summed E-state index contributed by atoms with van der Waals surface area (Å²) in [7, 11) is -3.73. The van der Waals surface area contributed by atoms with Crippen molar-refractivity contribution in [3.63, 3.8) is 0 Å². The van der Waals surface area contributed by atoms with Crippen LogP contribution < -0.4 is 5.30 Å². The summed E-state index contributed by atoms with van der Waals surface area (Å²) in [6, 6.07) is 5.91. The minimum absolute atomic E-state index is 0.00190. The van der Waals surface area contributed by atoms with Crippen molar-refractivity contribution in [3.05, 3.63) is 29.3 Å². The molecule has 1 aromatic carbocycles. The van der Waals surface area contributed by atoms with Crippen LogP contribution in [-0.4, -0.2) is 11.5 Å². The first-order chi connectivity index (χ1) is 11.7. The molecule has 0 bridgehead atoms. The predicted molar refractivity (Wildman–Crippen MR) is 108 cm³/mol. The molecule has 0 saturated heterocycles. The molecule has 3 nitrogen and oxygen atoms in total. The summed E-state index contributed by atoms with van der Waals surface area (Å²) in [6.07, 6.45) is 10.2. The van der Waals surface area contributed by atoms with Crippen molar-refractivity contribution in [3.8, 4) is 0 Å². The third-order valence-electron chi connectivity index (χ3n) is 5.00. The minimum atomic E-state index is -3.73. The van der Waals surface area contributed by atoms with Gasteiger partial charge in [0.05, 0.1) is 11.9 Å². The third-order valence-corrected chi connectivity index (χ3v) is 6.70. The van der Waals surface area contributed by atoms with Crippen LogP contribution in [0.5, 0.6) is 0 Å². The fourth-order valence-corrected chi connectivity index (χ4v) is 4.56. The van der Waals surface area contributed by atoms with Crippen molar-refractivity contribution in [2.45, 2.75) is 91.4 Å². The summed E-state index contributed by atoms with van der Waals surface area (Å²) in [6.45, 7) is 10.5. The molecule has 25 heavy (non-hydrogen) atoms. The minimum Gasteiger partial charge on any atom is -0.321 e. The first-order valence-corrected chi connectivity index (χ1v) is 11.4. The zero-order valence-corrected chi connectivity index (χ0v) is 17.7. The number of hydrogen-bond acceptors (Lipinski definition) is 2. The Morgan fingerprint density at radius 3 is 2.24 bits per heavy atom. The topological polar surface area (TPSA) is 46.5 Å². The zero-order chi connectivity index (χ0) is 18.9. The van der Waals surface area contributed by atoms with Crippen LogP contribution in [-0.2, 0) is 14.5 Å². The fraction of sp³-hybridized carbons (Fsp3) is 0.714. The smallest absolute Gasteiger partial charge is 0.321 e. The van der Waals surface area contributed by atoms with E-state index >= 15 is 0 Å². The summed E-state index contributed by atoms with van der Waals surface area (Å²) >= 11 is 0. The third kappa shape index (κ3) is 7.25. The van der Waals surface area contributed by atoms with Crippen molar-refractivity contribution in [2.75, 3.05) is 6.61 Å². The van der Waals surface area contributed by atoms with Gasteiger partial charge in [-0.2, -0.15) is 0 Å². The van der Waals surface area contributed by atoms with Gasteiger partial charge in [0, 0.05) is 0 Å². The first kappa shape index (κ1) is 22.4. The van der Waals surface area contributed by atoms with E-state index in [4.69, 9.17) is 4.52 Å². The lowest BCUT2D eigenvalue weighted by molar-refractivity contribution is 0.284. The van der Waals surface area contributed by atoms with Crippen LogP contribution in [0.15, 0.2) is 18.2 Å². The molecule has 1 aromatic rings. The van der Waals surface area contributed by atoms with Crippen LogP contribution in [0.4, 0.5) is 0 Å². The molecule has 1 rings (SSSR count). The van der Waals surface area contributed by atoms with Gasteiger partial charge in [0.2, 0.25) is 0 Å². The molecule has 0 heterocycles. The Bertz CT molecular complexity index is 566. The maximum atomic E-state index is 12.4. The highest BCUT2D eigenvalue weighted by Crippen LogP contribution is 2.42. The zero-order valence-electron chi connectivity index (χ0n) is 16.8. The van der Waals surface area contributed by atoms with Crippen LogP contribution in [0.2, 0.25) is 0 Å². The average Bonchev–Trinajstić information content (AvgIpc) is 2.54. The lowest BCUT2D eigenvalue weighted by atomic mass is 9.79. The van der Waals surface area contributed by atoms with Crippen LogP contribution in [0.3, 0.4) is 0 Å². The molecule has 0 saturated carbocycles. The van der Waals surface area contributed by atoms with E-state index in [9.17, 15) is 9.46 Å². The van der Waals surface area contributed by atoms with E-state index in [0.29, 0.717) is 5.30 Å². The second kappa shape index (κ2) is 10.5. The van der Waals surface area contributed by atoms with E-state index in [1.165, 1.54) is 44.9 Å². The summed E-state index contributed by atoms with van der Waals surface area (Å²) < 4.78 is 17.6. The van der Waals surface area contributed by atoms with Crippen LogP contribution in [0, 0.1) is 6.92 Å². The monoisotopic (exact) mass is 368 g/mol. The second-order valence-electron chi connectivity index (χ2n) is 7.69. The molecule has 0 radical (unpaired) electrons. The van der Waals surface area contributed by atoms with Gasteiger partial charge in [0.15, 0.2) is 0 Å². The molecular formula is C21H37O3P. The normalized spacial score (nSPS) is 14.5. The van der Waals surface area contributed by atoms with Crippen molar-refractivity contribution in [1.29, 1.82) is 0 Å². The first-order valence-electron chi connectivity index (χ1n) is 9.83. The molecule has 0 aliphatic heterocycles. The number of benzene rings is 1. The van der Waals surface area contributed by atoms with Gasteiger partial charge in [-0.15, -0.1) is 0 Å². The molecule has 0 spiro atoms. The molecule has 0 fully saturated rings. The molecule has 4 heteroatoms. The Hall–Kier alpha value is -0.630. The summed E-state index contributed by atoms with van der Waals surface area (Å²) in [5.41, 5.74) is 1.93. The van der Waals surface area contributed by atoms with Crippen molar-refractivity contribution >= 4 is 12.9 Å². The Kier molecular flexibility index (Phi) is 9.41. The Balaban J connectivity index is 2.70. The van der Waals surface area contributed by atoms with Crippen molar-refractivity contribution in [1.82, 2.24) is 0 Å². The lowest BCUT2D eigenvalue weighted by Crippen LogP contribution is -2.21. The van der Waals surface area contributed by atoms with Gasteiger partial charge < -0.3 is 9.42 Å². The van der Waals surface area contributed by atoms with Crippen LogP contribution >= 0.6 is 7.60 Å². The lowest BCUT2D eigenvalue weighted by Gasteiger charge is -2.27. The summed E-state index contributed by atoms with van der Waals surface area (Å²) in [4.78, 5) is 10.2. The average molecular weight is 368 g/mol. The molecular weight excluding hydrogens is 331 g/mol. The van der Waals surface area contributed by atoms with Gasteiger partial charge in [-0.3, -0.25) is 4.57 Å². The van der Waals surface area contributed by atoms with Gasteiger partial charge in [-0.25, -0.2) is 0 Å². The van der Waals surface area contributed by atoms with Gasteiger partial charge in [-0.1, -0.05) is 77.8 Å². The molecule has 1 unspecified atom stereocenters. The van der Waals surface area contributed by atoms with E-state index in [-0.39, 0.29) is 12.0 Å².